The molecule has 1 N–H and O–H groups in total. The first kappa shape index (κ1) is 13.0. The summed E-state index contributed by atoms with van der Waals surface area (Å²) in [5.41, 5.74) is 3.02. The largest absolute Gasteiger partial charge is 0.478 e. The van der Waals surface area contributed by atoms with E-state index in [0.717, 1.165) is 16.7 Å². The molecule has 0 amide bonds. The molecule has 2 heteroatoms. The van der Waals surface area contributed by atoms with E-state index in [0.29, 0.717) is 0 Å². The minimum Gasteiger partial charge on any atom is -0.478 e. The maximum atomic E-state index is 10.4. The van der Waals surface area contributed by atoms with Gasteiger partial charge in [-0.1, -0.05) is 48.6 Å². The Morgan fingerprint density at radius 2 is 1.82 bits per heavy atom. The molecule has 0 aliphatic carbocycles. The highest BCUT2D eigenvalue weighted by atomic mass is 16.4. The molecule has 0 radical (unpaired) electrons. The summed E-state index contributed by atoms with van der Waals surface area (Å²) in [6, 6.07) is 10.0. The number of hydrogen-bond acceptors (Lipinski definition) is 1. The zero-order chi connectivity index (χ0) is 12.7. The molecule has 0 bridgehead atoms. The van der Waals surface area contributed by atoms with Crippen LogP contribution in [0.25, 0.3) is 5.57 Å². The lowest BCUT2D eigenvalue weighted by Gasteiger charge is -1.98. The lowest BCUT2D eigenvalue weighted by molar-refractivity contribution is -0.131. The van der Waals surface area contributed by atoms with Crippen molar-refractivity contribution in [3.8, 4) is 0 Å². The minimum atomic E-state index is -0.920. The van der Waals surface area contributed by atoms with Gasteiger partial charge in [0.05, 0.1) is 0 Å². The molecule has 1 aromatic rings. The average molecular weight is 228 g/mol. The van der Waals surface area contributed by atoms with E-state index in [4.69, 9.17) is 5.11 Å². The lowest BCUT2D eigenvalue weighted by Crippen LogP contribution is -1.87. The van der Waals surface area contributed by atoms with Crippen LogP contribution in [0.5, 0.6) is 0 Å². The third kappa shape index (κ3) is 4.98. The second-order valence-corrected chi connectivity index (χ2v) is 3.80. The summed E-state index contributed by atoms with van der Waals surface area (Å²) in [5, 5.41) is 8.54. The fraction of sp³-hybridized carbons (Fsp3) is 0.133. The smallest absolute Gasteiger partial charge is 0.328 e. The monoisotopic (exact) mass is 228 g/mol. The zero-order valence-corrected chi connectivity index (χ0v) is 10.1. The molecule has 2 nitrogen and oxygen atoms in total. The molecule has 1 rings (SSSR count). The van der Waals surface area contributed by atoms with Crippen molar-refractivity contribution in [3.63, 3.8) is 0 Å². The highest BCUT2D eigenvalue weighted by Crippen LogP contribution is 2.12. The molecule has 17 heavy (non-hydrogen) atoms. The van der Waals surface area contributed by atoms with Gasteiger partial charge in [-0.3, -0.25) is 0 Å². The molecule has 0 saturated heterocycles. The van der Waals surface area contributed by atoms with Crippen molar-refractivity contribution < 1.29 is 9.90 Å². The molecule has 0 spiro atoms. The number of rotatable bonds is 4. The predicted octanol–water partition coefficient (Wildman–Crippen LogP) is 3.68. The number of carboxylic acid groups (broad SMARTS) is 1. The average Bonchev–Trinajstić information content (AvgIpc) is 2.29. The summed E-state index contributed by atoms with van der Waals surface area (Å²) in [7, 11) is 0. The van der Waals surface area contributed by atoms with E-state index < -0.39 is 5.97 Å². The molecular weight excluding hydrogens is 212 g/mol. The highest BCUT2D eigenvalue weighted by Gasteiger charge is 1.91. The van der Waals surface area contributed by atoms with Gasteiger partial charge >= 0.3 is 5.97 Å². The summed E-state index contributed by atoms with van der Waals surface area (Å²) in [5.74, 6) is -0.920. The second-order valence-electron chi connectivity index (χ2n) is 3.80. The van der Waals surface area contributed by atoms with Crippen LogP contribution in [0.2, 0.25) is 0 Å². The summed E-state index contributed by atoms with van der Waals surface area (Å²) >= 11 is 0. The van der Waals surface area contributed by atoms with Crippen molar-refractivity contribution in [2.45, 2.75) is 13.8 Å². The molecule has 0 heterocycles. The van der Waals surface area contributed by atoms with Gasteiger partial charge in [0.2, 0.25) is 0 Å². The van der Waals surface area contributed by atoms with Crippen molar-refractivity contribution in [1.82, 2.24) is 0 Å². The van der Waals surface area contributed by atoms with Gasteiger partial charge in [-0.15, -0.1) is 0 Å². The Morgan fingerprint density at radius 3 is 2.41 bits per heavy atom. The van der Waals surface area contributed by atoms with Crippen LogP contribution in [0.4, 0.5) is 0 Å². The third-order valence-corrected chi connectivity index (χ3v) is 2.29. The lowest BCUT2D eigenvalue weighted by atomic mass is 10.1. The van der Waals surface area contributed by atoms with Gasteiger partial charge in [0, 0.05) is 6.08 Å². The number of allylic oxidation sites excluding steroid dienone is 5. The van der Waals surface area contributed by atoms with Crippen LogP contribution in [-0.2, 0) is 4.79 Å². The minimum absolute atomic E-state index is 0.717. The zero-order valence-electron chi connectivity index (χ0n) is 10.1. The number of benzene rings is 1. The maximum absolute atomic E-state index is 10.4. The van der Waals surface area contributed by atoms with E-state index >= 15 is 0 Å². The van der Waals surface area contributed by atoms with E-state index in [2.05, 4.69) is 0 Å². The SMILES string of the molecule is CC(=C/C(=O)O)/C=C/C=C(\C)c1ccccc1. The predicted molar refractivity (Wildman–Crippen MR) is 70.6 cm³/mol. The molecular formula is C15H16O2. The van der Waals surface area contributed by atoms with E-state index in [1.807, 2.05) is 49.4 Å². The molecule has 0 aromatic heterocycles. The first-order chi connectivity index (χ1) is 8.09. The Bertz CT molecular complexity index is 465. The van der Waals surface area contributed by atoms with Gasteiger partial charge in [0.1, 0.15) is 0 Å². The summed E-state index contributed by atoms with van der Waals surface area (Å²) in [6.07, 6.45) is 6.79. The van der Waals surface area contributed by atoms with Crippen LogP contribution >= 0.6 is 0 Å². The molecule has 88 valence electrons. The number of hydrogen-bond donors (Lipinski definition) is 1. The highest BCUT2D eigenvalue weighted by molar-refractivity contribution is 5.81. The topological polar surface area (TPSA) is 37.3 Å². The fourth-order valence-corrected chi connectivity index (χ4v) is 1.38. The summed E-state index contributed by atoms with van der Waals surface area (Å²) < 4.78 is 0. The van der Waals surface area contributed by atoms with Gasteiger partial charge in [0.15, 0.2) is 0 Å². The van der Waals surface area contributed by atoms with E-state index in [1.54, 1.807) is 13.0 Å². The van der Waals surface area contributed by atoms with Crippen LogP contribution in [0.1, 0.15) is 19.4 Å². The number of carboxylic acids is 1. The van der Waals surface area contributed by atoms with Gasteiger partial charge in [0.25, 0.3) is 0 Å². The Labute approximate surface area is 102 Å². The van der Waals surface area contributed by atoms with Crippen molar-refractivity contribution in [2.24, 2.45) is 0 Å². The molecule has 1 aromatic carbocycles. The van der Waals surface area contributed by atoms with Crippen LogP contribution in [0.3, 0.4) is 0 Å². The summed E-state index contributed by atoms with van der Waals surface area (Å²) in [6.45, 7) is 3.78. The Hall–Kier alpha value is -2.09. The quantitative estimate of drug-likeness (QED) is 0.630. The van der Waals surface area contributed by atoms with Gasteiger partial charge in [-0.05, 0) is 30.6 Å². The molecule has 0 aliphatic heterocycles. The first-order valence-electron chi connectivity index (χ1n) is 5.41. The molecule has 0 unspecified atom stereocenters. The molecule has 0 fully saturated rings. The van der Waals surface area contributed by atoms with Crippen LogP contribution < -0.4 is 0 Å². The number of carbonyl (C=O) groups is 1. The van der Waals surface area contributed by atoms with Crippen LogP contribution in [0.15, 0.2) is 60.2 Å². The van der Waals surface area contributed by atoms with Crippen molar-refractivity contribution >= 4 is 11.5 Å². The van der Waals surface area contributed by atoms with Crippen molar-refractivity contribution in [2.75, 3.05) is 0 Å². The van der Waals surface area contributed by atoms with E-state index in [1.165, 1.54) is 6.08 Å². The molecule has 0 atom stereocenters. The van der Waals surface area contributed by atoms with Gasteiger partial charge in [-0.25, -0.2) is 4.79 Å². The van der Waals surface area contributed by atoms with Crippen LogP contribution in [0, 0.1) is 0 Å². The van der Waals surface area contributed by atoms with Crippen molar-refractivity contribution in [1.29, 1.82) is 0 Å². The summed E-state index contributed by atoms with van der Waals surface area (Å²) in [4.78, 5) is 10.4. The fourth-order valence-electron chi connectivity index (χ4n) is 1.38. The van der Waals surface area contributed by atoms with E-state index in [9.17, 15) is 4.79 Å². The molecule has 0 saturated carbocycles. The van der Waals surface area contributed by atoms with E-state index in [-0.39, 0.29) is 0 Å². The van der Waals surface area contributed by atoms with Crippen molar-refractivity contribution in [3.05, 3.63) is 65.8 Å². The van der Waals surface area contributed by atoms with Gasteiger partial charge < -0.3 is 5.11 Å². The van der Waals surface area contributed by atoms with Crippen LogP contribution in [-0.4, -0.2) is 11.1 Å². The second kappa shape index (κ2) is 6.48. The normalized spacial score (nSPS) is 13.1. The van der Waals surface area contributed by atoms with Gasteiger partial charge in [-0.2, -0.15) is 0 Å². The Kier molecular flexibility index (Phi) is 4.95. The Morgan fingerprint density at radius 1 is 1.18 bits per heavy atom. The number of aliphatic carboxylic acids is 1. The molecule has 0 aliphatic rings. The third-order valence-electron chi connectivity index (χ3n) is 2.29. The maximum Gasteiger partial charge on any atom is 0.328 e. The first-order valence-corrected chi connectivity index (χ1v) is 5.41. The standard InChI is InChI=1S/C15H16O2/c1-12(11-15(16)17)7-6-8-13(2)14-9-4-3-5-10-14/h3-11H,1-2H3,(H,16,17)/b7-6+,12-11-,13-8+. The Balaban J connectivity index is 2.72.